The van der Waals surface area contributed by atoms with Crippen molar-refractivity contribution >= 4 is 11.3 Å². The molecule has 2 N–H and O–H groups in total. The van der Waals surface area contributed by atoms with Crippen LogP contribution in [0.5, 0.6) is 0 Å². The quantitative estimate of drug-likeness (QED) is 0.891. The number of aryl methyl sites for hydroxylation is 1. The standard InChI is InChI=1S/C14H24N2OS/c1-11-5-7-18-14(11)13(8-15)16(2)9-12-4-3-6-17-10-12/h5,7,12-13H,3-4,6,8-10,15H2,1-2H3. The van der Waals surface area contributed by atoms with Crippen molar-refractivity contribution in [3.8, 4) is 0 Å². The summed E-state index contributed by atoms with van der Waals surface area (Å²) in [6.07, 6.45) is 2.48. The summed E-state index contributed by atoms with van der Waals surface area (Å²) in [5.41, 5.74) is 7.34. The van der Waals surface area contributed by atoms with E-state index >= 15 is 0 Å². The van der Waals surface area contributed by atoms with Gasteiger partial charge in [0.25, 0.3) is 0 Å². The zero-order valence-corrected chi connectivity index (χ0v) is 12.2. The molecule has 4 heteroatoms. The number of nitrogens with zero attached hydrogens (tertiary/aromatic N) is 1. The number of hydrogen-bond acceptors (Lipinski definition) is 4. The van der Waals surface area contributed by atoms with Crippen LogP contribution >= 0.6 is 11.3 Å². The largest absolute Gasteiger partial charge is 0.381 e. The molecule has 1 aliphatic rings. The van der Waals surface area contributed by atoms with Gasteiger partial charge in [0.05, 0.1) is 12.6 Å². The van der Waals surface area contributed by atoms with Crippen LogP contribution in [0.15, 0.2) is 11.4 Å². The molecule has 0 amide bonds. The third-order valence-corrected chi connectivity index (χ3v) is 4.88. The first-order valence-electron chi connectivity index (χ1n) is 6.74. The van der Waals surface area contributed by atoms with E-state index in [1.54, 1.807) is 0 Å². The molecule has 2 heterocycles. The van der Waals surface area contributed by atoms with Gasteiger partial charge in [0, 0.05) is 24.6 Å². The van der Waals surface area contributed by atoms with Gasteiger partial charge >= 0.3 is 0 Å². The van der Waals surface area contributed by atoms with Gasteiger partial charge < -0.3 is 10.5 Å². The molecule has 0 saturated carbocycles. The Morgan fingerprint density at radius 2 is 2.44 bits per heavy atom. The maximum atomic E-state index is 5.97. The van der Waals surface area contributed by atoms with Crippen LogP contribution in [0.1, 0.15) is 29.3 Å². The van der Waals surface area contributed by atoms with E-state index in [9.17, 15) is 0 Å². The average Bonchev–Trinajstić information content (AvgIpc) is 2.78. The van der Waals surface area contributed by atoms with Crippen molar-refractivity contribution in [1.82, 2.24) is 4.90 Å². The zero-order chi connectivity index (χ0) is 13.0. The predicted molar refractivity (Wildman–Crippen MR) is 77.0 cm³/mol. The highest BCUT2D eigenvalue weighted by Crippen LogP contribution is 2.28. The van der Waals surface area contributed by atoms with Crippen LogP contribution in [0, 0.1) is 12.8 Å². The third-order valence-electron chi connectivity index (χ3n) is 3.76. The van der Waals surface area contributed by atoms with Crippen molar-refractivity contribution in [2.24, 2.45) is 11.7 Å². The molecule has 1 aromatic rings. The van der Waals surface area contributed by atoms with Crippen molar-refractivity contribution in [3.05, 3.63) is 21.9 Å². The number of hydrogen-bond donors (Lipinski definition) is 1. The molecule has 0 radical (unpaired) electrons. The fourth-order valence-electron chi connectivity index (χ4n) is 2.70. The maximum Gasteiger partial charge on any atom is 0.0564 e. The second-order valence-electron chi connectivity index (χ2n) is 5.24. The number of thiophene rings is 1. The molecule has 1 aromatic heterocycles. The molecule has 0 bridgehead atoms. The molecule has 2 atom stereocenters. The summed E-state index contributed by atoms with van der Waals surface area (Å²) in [4.78, 5) is 3.81. The molecule has 18 heavy (non-hydrogen) atoms. The summed E-state index contributed by atoms with van der Waals surface area (Å²) in [5.74, 6) is 0.665. The summed E-state index contributed by atoms with van der Waals surface area (Å²) in [6.45, 7) is 5.78. The summed E-state index contributed by atoms with van der Waals surface area (Å²) in [5, 5.41) is 2.16. The van der Waals surface area contributed by atoms with E-state index in [-0.39, 0.29) is 0 Å². The van der Waals surface area contributed by atoms with Gasteiger partial charge in [0.2, 0.25) is 0 Å². The van der Waals surface area contributed by atoms with Gasteiger partial charge in [-0.25, -0.2) is 0 Å². The summed E-state index contributed by atoms with van der Waals surface area (Å²) >= 11 is 1.82. The molecular formula is C14H24N2OS. The van der Waals surface area contributed by atoms with Crippen molar-refractivity contribution < 1.29 is 4.74 Å². The van der Waals surface area contributed by atoms with E-state index < -0.39 is 0 Å². The SMILES string of the molecule is Cc1ccsc1C(CN)N(C)CC1CCCOC1. The third kappa shape index (κ3) is 3.32. The normalized spacial score (nSPS) is 22.3. The Morgan fingerprint density at radius 3 is 3.00 bits per heavy atom. The van der Waals surface area contributed by atoms with E-state index in [1.165, 1.54) is 23.3 Å². The smallest absolute Gasteiger partial charge is 0.0564 e. The summed E-state index contributed by atoms with van der Waals surface area (Å²) < 4.78 is 5.56. The van der Waals surface area contributed by atoms with Gasteiger partial charge in [0.1, 0.15) is 0 Å². The lowest BCUT2D eigenvalue weighted by molar-refractivity contribution is 0.0367. The van der Waals surface area contributed by atoms with Crippen LogP contribution in [-0.2, 0) is 4.74 Å². The van der Waals surface area contributed by atoms with Gasteiger partial charge in [-0.15, -0.1) is 11.3 Å². The second kappa shape index (κ2) is 6.66. The fourth-order valence-corrected chi connectivity index (χ4v) is 3.80. The van der Waals surface area contributed by atoms with Crippen LogP contribution in [-0.4, -0.2) is 38.3 Å². The lowest BCUT2D eigenvalue weighted by Crippen LogP contribution is -2.36. The minimum Gasteiger partial charge on any atom is -0.381 e. The Hall–Kier alpha value is -0.420. The Kier molecular flexibility index (Phi) is 5.18. The van der Waals surface area contributed by atoms with Crippen LogP contribution in [0.4, 0.5) is 0 Å². The molecule has 3 nitrogen and oxygen atoms in total. The number of likely N-dealkylation sites (N-methyl/N-ethyl adjacent to an activating group) is 1. The van der Waals surface area contributed by atoms with Crippen LogP contribution < -0.4 is 5.73 Å². The molecule has 0 spiro atoms. The molecule has 0 aromatic carbocycles. The lowest BCUT2D eigenvalue weighted by Gasteiger charge is -2.32. The number of ether oxygens (including phenoxy) is 1. The first kappa shape index (κ1) is 14.0. The number of rotatable bonds is 5. The fraction of sp³-hybridized carbons (Fsp3) is 0.714. The molecule has 1 fully saturated rings. The highest BCUT2D eigenvalue weighted by atomic mass is 32.1. The van der Waals surface area contributed by atoms with Gasteiger partial charge in [-0.3, -0.25) is 4.90 Å². The maximum absolute atomic E-state index is 5.97. The van der Waals surface area contributed by atoms with E-state index in [4.69, 9.17) is 10.5 Å². The minimum atomic E-state index is 0.354. The summed E-state index contributed by atoms with van der Waals surface area (Å²) in [7, 11) is 2.19. The highest BCUT2D eigenvalue weighted by Gasteiger charge is 2.22. The first-order chi connectivity index (χ1) is 8.72. The topological polar surface area (TPSA) is 38.5 Å². The second-order valence-corrected chi connectivity index (χ2v) is 6.19. The Labute approximate surface area is 114 Å². The molecule has 1 saturated heterocycles. The molecular weight excluding hydrogens is 244 g/mol. The van der Waals surface area contributed by atoms with E-state index in [0.29, 0.717) is 18.5 Å². The number of nitrogens with two attached hydrogens (primary N) is 1. The van der Waals surface area contributed by atoms with E-state index in [2.05, 4.69) is 30.3 Å². The lowest BCUT2D eigenvalue weighted by atomic mass is 10.0. The van der Waals surface area contributed by atoms with E-state index in [1.807, 2.05) is 11.3 Å². The van der Waals surface area contributed by atoms with Crippen molar-refractivity contribution in [2.75, 3.05) is 33.4 Å². The van der Waals surface area contributed by atoms with Crippen molar-refractivity contribution in [2.45, 2.75) is 25.8 Å². The molecule has 102 valence electrons. The van der Waals surface area contributed by atoms with Crippen LogP contribution in [0.2, 0.25) is 0 Å². The Morgan fingerprint density at radius 1 is 1.61 bits per heavy atom. The van der Waals surface area contributed by atoms with Crippen molar-refractivity contribution in [3.63, 3.8) is 0 Å². The molecule has 0 aliphatic carbocycles. The van der Waals surface area contributed by atoms with Crippen LogP contribution in [0.3, 0.4) is 0 Å². The molecule has 2 unspecified atom stereocenters. The van der Waals surface area contributed by atoms with Gasteiger partial charge in [-0.05, 0) is 49.7 Å². The summed E-state index contributed by atoms with van der Waals surface area (Å²) in [6, 6.07) is 2.53. The zero-order valence-electron chi connectivity index (χ0n) is 11.4. The Balaban J connectivity index is 1.97. The van der Waals surface area contributed by atoms with Gasteiger partial charge in [0.15, 0.2) is 0 Å². The van der Waals surface area contributed by atoms with Crippen molar-refractivity contribution in [1.29, 1.82) is 0 Å². The molecule has 1 aliphatic heterocycles. The monoisotopic (exact) mass is 268 g/mol. The molecule has 2 rings (SSSR count). The van der Waals surface area contributed by atoms with Gasteiger partial charge in [-0.1, -0.05) is 0 Å². The van der Waals surface area contributed by atoms with Crippen LogP contribution in [0.25, 0.3) is 0 Å². The van der Waals surface area contributed by atoms with Gasteiger partial charge in [-0.2, -0.15) is 0 Å². The minimum absolute atomic E-state index is 0.354. The Bertz CT molecular complexity index is 360. The van der Waals surface area contributed by atoms with E-state index in [0.717, 1.165) is 19.8 Å². The first-order valence-corrected chi connectivity index (χ1v) is 7.62. The predicted octanol–water partition coefficient (Wildman–Crippen LogP) is 2.41. The average molecular weight is 268 g/mol. The highest BCUT2D eigenvalue weighted by molar-refractivity contribution is 7.10.